The van der Waals surface area contributed by atoms with E-state index < -0.39 is 17.7 Å². The van der Waals surface area contributed by atoms with Crippen molar-refractivity contribution in [2.24, 2.45) is 5.92 Å². The number of carbonyl (C=O) groups is 3. The molecule has 1 saturated heterocycles. The molecule has 0 aliphatic carbocycles. The standard InChI is InChI=1S/C23H27N3O5/c1-4-30-19-11-6-5-10-18(19)26-13-17(12-21(26)28)23(29)25-24-20(27)14-31-22-15(2)8-7-9-16(22)3/h5-11,17H,4,12-14H2,1-3H3,(H,24,27)(H,25,29)/t17-/m1/s1. The average molecular weight is 425 g/mol. The Morgan fingerprint density at radius 3 is 2.45 bits per heavy atom. The number of hydrogen-bond donors (Lipinski definition) is 2. The van der Waals surface area contributed by atoms with Gasteiger partial charge in [-0.05, 0) is 44.0 Å². The third-order valence-electron chi connectivity index (χ3n) is 5.03. The summed E-state index contributed by atoms with van der Waals surface area (Å²) in [5, 5.41) is 0. The maximum Gasteiger partial charge on any atom is 0.276 e. The van der Waals surface area contributed by atoms with Crippen LogP contribution in [0.15, 0.2) is 42.5 Å². The van der Waals surface area contributed by atoms with Crippen molar-refractivity contribution in [3.8, 4) is 11.5 Å². The van der Waals surface area contributed by atoms with E-state index in [1.165, 1.54) is 0 Å². The number of aryl methyl sites for hydroxylation is 2. The molecule has 1 atom stereocenters. The third-order valence-corrected chi connectivity index (χ3v) is 5.03. The molecule has 0 saturated carbocycles. The summed E-state index contributed by atoms with van der Waals surface area (Å²) in [7, 11) is 0. The lowest BCUT2D eigenvalue weighted by Gasteiger charge is -2.20. The van der Waals surface area contributed by atoms with Gasteiger partial charge in [-0.3, -0.25) is 25.2 Å². The first-order chi connectivity index (χ1) is 14.9. The van der Waals surface area contributed by atoms with Gasteiger partial charge in [0, 0.05) is 13.0 Å². The highest BCUT2D eigenvalue weighted by Gasteiger charge is 2.36. The predicted molar refractivity (Wildman–Crippen MR) is 116 cm³/mol. The van der Waals surface area contributed by atoms with Gasteiger partial charge in [0.25, 0.3) is 5.91 Å². The van der Waals surface area contributed by atoms with Crippen LogP contribution in [0.25, 0.3) is 0 Å². The maximum absolute atomic E-state index is 12.5. The summed E-state index contributed by atoms with van der Waals surface area (Å²) in [5.74, 6) is -0.423. The number of nitrogens with zero attached hydrogens (tertiary/aromatic N) is 1. The van der Waals surface area contributed by atoms with Crippen LogP contribution in [-0.4, -0.2) is 37.5 Å². The van der Waals surface area contributed by atoms with Gasteiger partial charge >= 0.3 is 0 Å². The lowest BCUT2D eigenvalue weighted by Crippen LogP contribution is -2.46. The van der Waals surface area contributed by atoms with Crippen LogP contribution < -0.4 is 25.2 Å². The molecule has 2 aromatic rings. The number of hydrazine groups is 1. The van der Waals surface area contributed by atoms with Gasteiger partial charge in [0.05, 0.1) is 18.2 Å². The largest absolute Gasteiger partial charge is 0.492 e. The van der Waals surface area contributed by atoms with Crippen molar-refractivity contribution in [3.05, 3.63) is 53.6 Å². The van der Waals surface area contributed by atoms with Gasteiger partial charge in [0.1, 0.15) is 11.5 Å². The molecule has 0 unspecified atom stereocenters. The number of carbonyl (C=O) groups excluding carboxylic acids is 3. The minimum atomic E-state index is -0.581. The number of nitrogens with one attached hydrogen (secondary N) is 2. The van der Waals surface area contributed by atoms with E-state index in [4.69, 9.17) is 9.47 Å². The minimum Gasteiger partial charge on any atom is -0.492 e. The molecule has 8 nitrogen and oxygen atoms in total. The number of benzene rings is 2. The molecule has 2 aromatic carbocycles. The molecule has 31 heavy (non-hydrogen) atoms. The van der Waals surface area contributed by atoms with E-state index in [0.717, 1.165) is 11.1 Å². The topological polar surface area (TPSA) is 97.0 Å². The second-order valence-electron chi connectivity index (χ2n) is 7.35. The van der Waals surface area contributed by atoms with E-state index in [-0.39, 0.29) is 25.5 Å². The second-order valence-corrected chi connectivity index (χ2v) is 7.35. The van der Waals surface area contributed by atoms with Crippen molar-refractivity contribution in [1.82, 2.24) is 10.9 Å². The van der Waals surface area contributed by atoms with Crippen LogP contribution in [0.2, 0.25) is 0 Å². The van der Waals surface area contributed by atoms with Crippen molar-refractivity contribution in [2.45, 2.75) is 27.2 Å². The molecule has 0 bridgehead atoms. The summed E-state index contributed by atoms with van der Waals surface area (Å²) < 4.78 is 11.2. The Morgan fingerprint density at radius 2 is 1.74 bits per heavy atom. The molecule has 0 aromatic heterocycles. The molecule has 0 spiro atoms. The molecule has 0 radical (unpaired) electrons. The molecule has 1 heterocycles. The second kappa shape index (κ2) is 9.97. The quantitative estimate of drug-likeness (QED) is 0.664. The number of ether oxygens (including phenoxy) is 2. The molecule has 164 valence electrons. The van der Waals surface area contributed by atoms with E-state index in [9.17, 15) is 14.4 Å². The van der Waals surface area contributed by atoms with Crippen LogP contribution in [-0.2, 0) is 14.4 Å². The van der Waals surface area contributed by atoms with Crippen LogP contribution in [0.3, 0.4) is 0 Å². The lowest BCUT2D eigenvalue weighted by molar-refractivity contribution is -0.132. The first-order valence-corrected chi connectivity index (χ1v) is 10.2. The highest BCUT2D eigenvalue weighted by atomic mass is 16.5. The van der Waals surface area contributed by atoms with Crippen molar-refractivity contribution in [2.75, 3.05) is 24.7 Å². The highest BCUT2D eigenvalue weighted by molar-refractivity contribution is 6.01. The zero-order valence-corrected chi connectivity index (χ0v) is 17.9. The normalized spacial score (nSPS) is 15.5. The van der Waals surface area contributed by atoms with Gasteiger partial charge in [-0.2, -0.15) is 0 Å². The fourth-order valence-corrected chi connectivity index (χ4v) is 3.51. The minimum absolute atomic E-state index is 0.0566. The van der Waals surface area contributed by atoms with Crippen molar-refractivity contribution < 1.29 is 23.9 Å². The van der Waals surface area contributed by atoms with Gasteiger partial charge < -0.3 is 14.4 Å². The summed E-state index contributed by atoms with van der Waals surface area (Å²) in [6.45, 7) is 6.11. The summed E-state index contributed by atoms with van der Waals surface area (Å²) in [4.78, 5) is 38.6. The van der Waals surface area contributed by atoms with Gasteiger partial charge in [-0.25, -0.2) is 0 Å². The van der Waals surface area contributed by atoms with Crippen LogP contribution in [0.1, 0.15) is 24.5 Å². The summed E-state index contributed by atoms with van der Waals surface area (Å²) in [5.41, 5.74) is 7.23. The number of amides is 3. The van der Waals surface area contributed by atoms with Crippen molar-refractivity contribution in [1.29, 1.82) is 0 Å². The SMILES string of the molecule is CCOc1ccccc1N1C[C@H](C(=O)NNC(=O)COc2c(C)cccc2C)CC1=O. The summed E-state index contributed by atoms with van der Waals surface area (Å²) in [6.07, 6.45) is 0.0566. The molecule has 1 aliphatic heterocycles. The Balaban J connectivity index is 1.52. The number of anilines is 1. The number of para-hydroxylation sites is 3. The van der Waals surface area contributed by atoms with E-state index in [2.05, 4.69) is 10.9 Å². The Bertz CT molecular complexity index is 955. The van der Waals surface area contributed by atoms with Crippen LogP contribution in [0, 0.1) is 19.8 Å². The fourth-order valence-electron chi connectivity index (χ4n) is 3.51. The molecule has 1 aliphatic rings. The van der Waals surface area contributed by atoms with E-state index >= 15 is 0 Å². The molecule has 1 fully saturated rings. The van der Waals surface area contributed by atoms with Gasteiger partial charge in [-0.15, -0.1) is 0 Å². The first kappa shape index (κ1) is 22.1. The maximum atomic E-state index is 12.5. The van der Waals surface area contributed by atoms with Gasteiger partial charge in [0.15, 0.2) is 6.61 Å². The molecular formula is C23H27N3O5. The van der Waals surface area contributed by atoms with E-state index in [0.29, 0.717) is 23.8 Å². The van der Waals surface area contributed by atoms with Crippen LogP contribution >= 0.6 is 0 Å². The zero-order chi connectivity index (χ0) is 22.4. The molecular weight excluding hydrogens is 398 g/mol. The van der Waals surface area contributed by atoms with Crippen molar-refractivity contribution >= 4 is 23.4 Å². The Hall–Kier alpha value is -3.55. The van der Waals surface area contributed by atoms with E-state index in [1.54, 1.807) is 17.0 Å². The smallest absolute Gasteiger partial charge is 0.276 e. The predicted octanol–water partition coefficient (Wildman–Crippen LogP) is 2.28. The van der Waals surface area contributed by atoms with Gasteiger partial charge in [-0.1, -0.05) is 30.3 Å². The van der Waals surface area contributed by atoms with Crippen LogP contribution in [0.5, 0.6) is 11.5 Å². The average Bonchev–Trinajstić information content (AvgIpc) is 3.14. The molecule has 3 rings (SSSR count). The fraction of sp³-hybridized carbons (Fsp3) is 0.348. The highest BCUT2D eigenvalue weighted by Crippen LogP contribution is 2.33. The zero-order valence-electron chi connectivity index (χ0n) is 17.9. The molecule has 3 amide bonds. The first-order valence-electron chi connectivity index (χ1n) is 10.2. The number of rotatable bonds is 7. The van der Waals surface area contributed by atoms with E-state index in [1.807, 2.05) is 51.1 Å². The molecule has 2 N–H and O–H groups in total. The summed E-state index contributed by atoms with van der Waals surface area (Å²) >= 11 is 0. The summed E-state index contributed by atoms with van der Waals surface area (Å²) in [6, 6.07) is 12.9. The third kappa shape index (κ3) is 5.33. The Labute approximate surface area is 181 Å². The monoisotopic (exact) mass is 425 g/mol. The van der Waals surface area contributed by atoms with Crippen LogP contribution in [0.4, 0.5) is 5.69 Å². The molecule has 8 heteroatoms. The Kier molecular flexibility index (Phi) is 7.12. The lowest BCUT2D eigenvalue weighted by atomic mass is 10.1. The number of hydrogen-bond acceptors (Lipinski definition) is 5. The Morgan fingerprint density at radius 1 is 1.03 bits per heavy atom. The van der Waals surface area contributed by atoms with Crippen molar-refractivity contribution in [3.63, 3.8) is 0 Å². The van der Waals surface area contributed by atoms with Gasteiger partial charge in [0.2, 0.25) is 11.8 Å².